The zero-order valence-electron chi connectivity index (χ0n) is 7.82. The second kappa shape index (κ2) is 7.80. The fourth-order valence-corrected chi connectivity index (χ4v) is 0.574. The number of carbonyl (C=O) groups excluding carboxylic acids is 1. The van der Waals surface area contributed by atoms with Crippen molar-refractivity contribution in [2.75, 3.05) is 0 Å². The zero-order chi connectivity index (χ0) is 11.2. The maximum absolute atomic E-state index is 10.1. The Balaban J connectivity index is 0. The van der Waals surface area contributed by atoms with Crippen molar-refractivity contribution in [3.63, 3.8) is 0 Å². The molecule has 6 nitrogen and oxygen atoms in total. The number of aromatic carboxylic acids is 1. The first-order chi connectivity index (χ1) is 6.30. The van der Waals surface area contributed by atoms with E-state index in [0.29, 0.717) is 0 Å². The molecule has 78 valence electrons. The van der Waals surface area contributed by atoms with Crippen LogP contribution in [0.15, 0.2) is 30.3 Å². The van der Waals surface area contributed by atoms with Crippen LogP contribution in [0, 0.1) is 0 Å². The summed E-state index contributed by atoms with van der Waals surface area (Å²) >= 11 is 0. The summed E-state index contributed by atoms with van der Waals surface area (Å²) in [5, 5.41) is 10.1. The first kappa shape index (κ1) is 17.0. The SMILES string of the molecule is O=C([O-])c1ccccc1.O=S(=O)(O)O.[Na+]. The quantitative estimate of drug-likeness (QED) is 0.388. The molecule has 8 heteroatoms. The van der Waals surface area contributed by atoms with E-state index < -0.39 is 16.4 Å². The summed E-state index contributed by atoms with van der Waals surface area (Å²) in [6.45, 7) is 0. The molecular formula is C7H7NaO6S. The van der Waals surface area contributed by atoms with Gasteiger partial charge in [-0.25, -0.2) is 0 Å². The summed E-state index contributed by atoms with van der Waals surface area (Å²) in [4.78, 5) is 10.1. The Morgan fingerprint density at radius 2 is 1.47 bits per heavy atom. The van der Waals surface area contributed by atoms with Gasteiger partial charge in [-0.3, -0.25) is 9.11 Å². The molecule has 0 bridgehead atoms. The van der Waals surface area contributed by atoms with Crippen LogP contribution >= 0.6 is 0 Å². The average Bonchev–Trinajstić information content (AvgIpc) is 2.03. The van der Waals surface area contributed by atoms with Gasteiger partial charge in [0.2, 0.25) is 0 Å². The van der Waals surface area contributed by atoms with Crippen molar-refractivity contribution in [3.8, 4) is 0 Å². The largest absolute Gasteiger partial charge is 1.00 e. The van der Waals surface area contributed by atoms with Crippen LogP contribution in [0.3, 0.4) is 0 Å². The molecule has 1 aromatic carbocycles. The molecule has 0 aliphatic rings. The van der Waals surface area contributed by atoms with Crippen molar-refractivity contribution in [1.29, 1.82) is 0 Å². The molecule has 0 radical (unpaired) electrons. The second-order valence-corrected chi connectivity index (χ2v) is 3.00. The summed E-state index contributed by atoms with van der Waals surface area (Å²) in [6.07, 6.45) is 0. The molecule has 0 aromatic heterocycles. The van der Waals surface area contributed by atoms with E-state index >= 15 is 0 Å². The van der Waals surface area contributed by atoms with Crippen molar-refractivity contribution in [2.24, 2.45) is 0 Å². The standard InChI is InChI=1S/C7H6O2.Na.H2O4S/c8-7(9)6-4-2-1-3-5-6;;1-5(2,3)4/h1-5H,(H,8,9);;(H2,1,2,3,4)/q;+1;/p-1. The van der Waals surface area contributed by atoms with Crippen LogP contribution in [0.25, 0.3) is 0 Å². The number of carbonyl (C=O) groups is 1. The fourth-order valence-electron chi connectivity index (χ4n) is 0.574. The van der Waals surface area contributed by atoms with E-state index in [1.54, 1.807) is 18.2 Å². The van der Waals surface area contributed by atoms with E-state index in [4.69, 9.17) is 17.5 Å². The Morgan fingerprint density at radius 3 is 1.67 bits per heavy atom. The number of benzene rings is 1. The maximum Gasteiger partial charge on any atom is 1.00 e. The first-order valence-electron chi connectivity index (χ1n) is 3.27. The van der Waals surface area contributed by atoms with Crippen LogP contribution in [0.2, 0.25) is 0 Å². The van der Waals surface area contributed by atoms with Gasteiger partial charge in [-0.1, -0.05) is 30.3 Å². The van der Waals surface area contributed by atoms with Crippen LogP contribution in [-0.2, 0) is 10.4 Å². The van der Waals surface area contributed by atoms with Crippen LogP contribution < -0.4 is 34.7 Å². The summed E-state index contributed by atoms with van der Waals surface area (Å²) in [7, 11) is -4.67. The van der Waals surface area contributed by atoms with Gasteiger partial charge in [-0.15, -0.1) is 0 Å². The fraction of sp³-hybridized carbons (Fsp3) is 0. The average molecular weight is 242 g/mol. The van der Waals surface area contributed by atoms with Crippen molar-refractivity contribution < 1.29 is 57.0 Å². The van der Waals surface area contributed by atoms with Gasteiger partial charge >= 0.3 is 40.0 Å². The number of carboxylic acids is 1. The number of rotatable bonds is 1. The van der Waals surface area contributed by atoms with Crippen molar-refractivity contribution in [3.05, 3.63) is 35.9 Å². The minimum absolute atomic E-state index is 0. The molecular weight excluding hydrogens is 235 g/mol. The Kier molecular flexibility index (Phi) is 8.83. The summed E-state index contributed by atoms with van der Waals surface area (Å²) in [6, 6.07) is 8.06. The van der Waals surface area contributed by atoms with E-state index in [0.717, 1.165) is 0 Å². The third-order valence-corrected chi connectivity index (χ3v) is 1.01. The molecule has 0 saturated carbocycles. The summed E-state index contributed by atoms with van der Waals surface area (Å²) < 4.78 is 31.6. The van der Waals surface area contributed by atoms with Gasteiger partial charge in [-0.2, -0.15) is 8.42 Å². The van der Waals surface area contributed by atoms with Gasteiger partial charge in [0.25, 0.3) is 0 Å². The van der Waals surface area contributed by atoms with Gasteiger partial charge < -0.3 is 9.90 Å². The Bertz CT molecular complexity index is 379. The van der Waals surface area contributed by atoms with Gasteiger partial charge in [0, 0.05) is 0 Å². The van der Waals surface area contributed by atoms with E-state index in [1.165, 1.54) is 12.1 Å². The van der Waals surface area contributed by atoms with E-state index in [1.807, 2.05) is 0 Å². The molecule has 0 aliphatic carbocycles. The number of hydrogen-bond donors (Lipinski definition) is 2. The van der Waals surface area contributed by atoms with Crippen molar-refractivity contribution in [2.45, 2.75) is 0 Å². The second-order valence-electron chi connectivity index (χ2n) is 2.10. The molecule has 15 heavy (non-hydrogen) atoms. The number of hydrogen-bond acceptors (Lipinski definition) is 4. The zero-order valence-corrected chi connectivity index (χ0v) is 10.6. The Labute approximate surface area is 109 Å². The van der Waals surface area contributed by atoms with E-state index in [-0.39, 0.29) is 35.1 Å². The van der Waals surface area contributed by atoms with Crippen LogP contribution in [0.1, 0.15) is 10.4 Å². The minimum Gasteiger partial charge on any atom is -0.545 e. The van der Waals surface area contributed by atoms with Crippen molar-refractivity contribution in [1.82, 2.24) is 0 Å². The molecule has 0 aliphatic heterocycles. The molecule has 0 fully saturated rings. The topological polar surface area (TPSA) is 115 Å². The van der Waals surface area contributed by atoms with Crippen LogP contribution in [0.4, 0.5) is 0 Å². The predicted octanol–water partition coefficient (Wildman–Crippen LogP) is -3.60. The Hall–Kier alpha value is -0.440. The van der Waals surface area contributed by atoms with E-state index in [9.17, 15) is 9.90 Å². The van der Waals surface area contributed by atoms with Gasteiger partial charge in [0.15, 0.2) is 0 Å². The van der Waals surface area contributed by atoms with Gasteiger partial charge in [-0.05, 0) is 5.56 Å². The molecule has 0 unspecified atom stereocenters. The predicted molar refractivity (Wildman–Crippen MR) is 44.9 cm³/mol. The van der Waals surface area contributed by atoms with Gasteiger partial charge in [0.05, 0.1) is 5.97 Å². The summed E-state index contributed by atoms with van der Waals surface area (Å²) in [5.74, 6) is -1.13. The molecule has 0 heterocycles. The number of carboxylic acid groups (broad SMARTS) is 1. The smallest absolute Gasteiger partial charge is 0.545 e. The molecule has 1 aromatic rings. The minimum atomic E-state index is -4.67. The molecule has 1 rings (SSSR count). The molecule has 0 saturated heterocycles. The van der Waals surface area contributed by atoms with E-state index in [2.05, 4.69) is 0 Å². The van der Waals surface area contributed by atoms with Crippen LogP contribution in [-0.4, -0.2) is 23.5 Å². The third kappa shape index (κ3) is 13.6. The molecule has 0 atom stereocenters. The third-order valence-electron chi connectivity index (χ3n) is 1.01. The first-order valence-corrected chi connectivity index (χ1v) is 4.66. The van der Waals surface area contributed by atoms with Crippen LogP contribution in [0.5, 0.6) is 0 Å². The Morgan fingerprint density at radius 1 is 1.13 bits per heavy atom. The maximum atomic E-state index is 10.1. The monoisotopic (exact) mass is 242 g/mol. The molecule has 2 N–H and O–H groups in total. The van der Waals surface area contributed by atoms with Gasteiger partial charge in [0.1, 0.15) is 0 Å². The normalized spacial score (nSPS) is 9.20. The molecule has 0 amide bonds. The molecule has 0 spiro atoms. The van der Waals surface area contributed by atoms with Crippen molar-refractivity contribution >= 4 is 16.4 Å². The summed E-state index contributed by atoms with van der Waals surface area (Å²) in [5.41, 5.74) is 0.220.